The number of rotatable bonds is 7. The number of hydrogen-bond acceptors (Lipinski definition) is 2. The summed E-state index contributed by atoms with van der Waals surface area (Å²) in [6, 6.07) is 7.98. The lowest BCUT2D eigenvalue weighted by atomic mass is 9.99. The van der Waals surface area contributed by atoms with E-state index in [1.807, 2.05) is 19.1 Å². The molecule has 1 aromatic carbocycles. The summed E-state index contributed by atoms with van der Waals surface area (Å²) in [4.78, 5) is 11.9. The summed E-state index contributed by atoms with van der Waals surface area (Å²) in [5.74, 6) is 0.486. The van der Waals surface area contributed by atoms with Gasteiger partial charge in [0.2, 0.25) is 0 Å². The van der Waals surface area contributed by atoms with Crippen molar-refractivity contribution in [1.82, 2.24) is 0 Å². The van der Waals surface area contributed by atoms with Crippen LogP contribution in [0.5, 0.6) is 0 Å². The average Bonchev–Trinajstić information content (AvgIpc) is 2.30. The molecule has 0 radical (unpaired) electrons. The number of aryl methyl sites for hydroxylation is 1. The topological polar surface area (TPSA) is 26.3 Å². The average molecular weight is 234 g/mol. The molecule has 1 atom stereocenters. The number of carbonyl (C=O) groups excluding carboxylic acids is 1. The highest BCUT2D eigenvalue weighted by Gasteiger charge is 2.10. The number of methoxy groups -OCH3 is 1. The number of hydrogen-bond donors (Lipinski definition) is 0. The molecule has 0 heterocycles. The van der Waals surface area contributed by atoms with E-state index in [0.29, 0.717) is 13.0 Å². The lowest BCUT2D eigenvalue weighted by Gasteiger charge is -2.09. The van der Waals surface area contributed by atoms with Crippen LogP contribution < -0.4 is 0 Å². The number of benzene rings is 1. The summed E-state index contributed by atoms with van der Waals surface area (Å²) in [6.07, 6.45) is 2.77. The zero-order valence-electron chi connectivity index (χ0n) is 11.0. The molecule has 17 heavy (non-hydrogen) atoms. The minimum absolute atomic E-state index is 0.206. The van der Waals surface area contributed by atoms with Crippen LogP contribution in [0.15, 0.2) is 24.3 Å². The molecule has 94 valence electrons. The van der Waals surface area contributed by atoms with E-state index in [0.717, 1.165) is 18.4 Å². The molecule has 0 aliphatic carbocycles. The molecule has 0 N–H and O–H groups in total. The van der Waals surface area contributed by atoms with Gasteiger partial charge in [-0.15, -0.1) is 0 Å². The monoisotopic (exact) mass is 234 g/mol. The lowest BCUT2D eigenvalue weighted by Crippen LogP contribution is -2.10. The van der Waals surface area contributed by atoms with Crippen LogP contribution in [0.3, 0.4) is 0 Å². The van der Waals surface area contributed by atoms with E-state index in [4.69, 9.17) is 4.74 Å². The van der Waals surface area contributed by atoms with E-state index in [-0.39, 0.29) is 11.7 Å². The van der Waals surface area contributed by atoms with Crippen LogP contribution >= 0.6 is 0 Å². The highest BCUT2D eigenvalue weighted by molar-refractivity contribution is 5.96. The molecule has 0 saturated heterocycles. The van der Waals surface area contributed by atoms with Gasteiger partial charge < -0.3 is 4.74 Å². The van der Waals surface area contributed by atoms with Crippen molar-refractivity contribution >= 4 is 5.78 Å². The molecule has 0 aliphatic rings. The van der Waals surface area contributed by atoms with Gasteiger partial charge in [-0.1, -0.05) is 44.5 Å². The second-order valence-electron chi connectivity index (χ2n) is 4.63. The Bertz CT molecular complexity index is 340. The summed E-state index contributed by atoms with van der Waals surface area (Å²) in [7, 11) is 1.67. The van der Waals surface area contributed by atoms with Crippen molar-refractivity contribution < 1.29 is 9.53 Å². The molecule has 1 rings (SSSR count). The fourth-order valence-electron chi connectivity index (χ4n) is 1.92. The van der Waals surface area contributed by atoms with Gasteiger partial charge in [0, 0.05) is 25.7 Å². The molecule has 2 nitrogen and oxygen atoms in total. The Labute approximate surface area is 104 Å². The Morgan fingerprint density at radius 3 is 2.47 bits per heavy atom. The Kier molecular flexibility index (Phi) is 5.92. The molecule has 2 heteroatoms. The minimum atomic E-state index is 0.206. The second-order valence-corrected chi connectivity index (χ2v) is 4.63. The van der Waals surface area contributed by atoms with E-state index in [1.54, 1.807) is 7.11 Å². The van der Waals surface area contributed by atoms with Gasteiger partial charge in [0.15, 0.2) is 5.78 Å². The fraction of sp³-hybridized carbons (Fsp3) is 0.533. The molecular formula is C15H22O2. The van der Waals surface area contributed by atoms with Gasteiger partial charge >= 0.3 is 0 Å². The van der Waals surface area contributed by atoms with Crippen LogP contribution in [0.25, 0.3) is 0 Å². The van der Waals surface area contributed by atoms with Gasteiger partial charge in [0.1, 0.15) is 0 Å². The predicted octanol–water partition coefficient (Wildman–Crippen LogP) is 3.49. The Balaban J connectivity index is 2.57. The van der Waals surface area contributed by atoms with Crippen molar-refractivity contribution in [2.75, 3.05) is 13.7 Å². The predicted molar refractivity (Wildman–Crippen MR) is 70.4 cm³/mol. The molecule has 0 saturated carbocycles. The van der Waals surface area contributed by atoms with Crippen LogP contribution in [-0.2, 0) is 11.2 Å². The van der Waals surface area contributed by atoms with Gasteiger partial charge in [0.05, 0.1) is 0 Å². The standard InChI is InChI=1S/C15H22O2/c1-4-5-13-6-8-14(9-7-13)15(16)10-12(2)11-17-3/h6-9,12H,4-5,10-11H2,1-3H3. The molecule has 0 bridgehead atoms. The number of ketones is 1. The maximum Gasteiger partial charge on any atom is 0.163 e. The van der Waals surface area contributed by atoms with Crippen LogP contribution in [0, 0.1) is 5.92 Å². The van der Waals surface area contributed by atoms with Gasteiger partial charge in [-0.05, 0) is 17.9 Å². The quantitative estimate of drug-likeness (QED) is 0.675. The Hall–Kier alpha value is -1.15. The zero-order valence-corrected chi connectivity index (χ0v) is 11.0. The molecular weight excluding hydrogens is 212 g/mol. The van der Waals surface area contributed by atoms with Crippen molar-refractivity contribution in [2.45, 2.75) is 33.1 Å². The summed E-state index contributed by atoms with van der Waals surface area (Å²) in [5, 5.41) is 0. The van der Waals surface area contributed by atoms with E-state index in [9.17, 15) is 4.79 Å². The SMILES string of the molecule is CCCc1ccc(C(=O)CC(C)COC)cc1. The van der Waals surface area contributed by atoms with Crippen LogP contribution in [0.4, 0.5) is 0 Å². The minimum Gasteiger partial charge on any atom is -0.384 e. The number of ether oxygens (including phenoxy) is 1. The smallest absolute Gasteiger partial charge is 0.163 e. The van der Waals surface area contributed by atoms with Crippen molar-refractivity contribution in [3.63, 3.8) is 0 Å². The van der Waals surface area contributed by atoms with E-state index in [1.165, 1.54) is 5.56 Å². The van der Waals surface area contributed by atoms with Crippen LogP contribution in [0.2, 0.25) is 0 Å². The highest BCUT2D eigenvalue weighted by Crippen LogP contribution is 2.12. The lowest BCUT2D eigenvalue weighted by molar-refractivity contribution is 0.0920. The summed E-state index contributed by atoms with van der Waals surface area (Å²) in [5.41, 5.74) is 2.11. The third-order valence-electron chi connectivity index (χ3n) is 2.80. The molecule has 1 unspecified atom stereocenters. The molecule has 1 aromatic rings. The van der Waals surface area contributed by atoms with Crippen molar-refractivity contribution in [3.05, 3.63) is 35.4 Å². The summed E-state index contributed by atoms with van der Waals surface area (Å²) in [6.45, 7) is 4.83. The molecule has 0 aromatic heterocycles. The third kappa shape index (κ3) is 4.70. The largest absolute Gasteiger partial charge is 0.384 e. The molecule has 0 amide bonds. The van der Waals surface area contributed by atoms with E-state index < -0.39 is 0 Å². The number of Topliss-reactive ketones (excluding diaryl/α,β-unsaturated/α-hetero) is 1. The van der Waals surface area contributed by atoms with Gasteiger partial charge in [0.25, 0.3) is 0 Å². The van der Waals surface area contributed by atoms with Crippen molar-refractivity contribution in [2.24, 2.45) is 5.92 Å². The zero-order chi connectivity index (χ0) is 12.7. The van der Waals surface area contributed by atoms with Crippen molar-refractivity contribution in [3.8, 4) is 0 Å². The van der Waals surface area contributed by atoms with E-state index in [2.05, 4.69) is 19.1 Å². The van der Waals surface area contributed by atoms with Gasteiger partial charge in [-0.25, -0.2) is 0 Å². The fourth-order valence-corrected chi connectivity index (χ4v) is 1.92. The van der Waals surface area contributed by atoms with Crippen LogP contribution in [0.1, 0.15) is 42.6 Å². The molecule has 0 fully saturated rings. The normalized spacial score (nSPS) is 12.4. The highest BCUT2D eigenvalue weighted by atomic mass is 16.5. The maximum absolute atomic E-state index is 11.9. The van der Waals surface area contributed by atoms with E-state index >= 15 is 0 Å². The van der Waals surface area contributed by atoms with Crippen LogP contribution in [-0.4, -0.2) is 19.5 Å². The first-order valence-electron chi connectivity index (χ1n) is 6.28. The summed E-state index contributed by atoms with van der Waals surface area (Å²) >= 11 is 0. The van der Waals surface area contributed by atoms with Crippen molar-refractivity contribution in [1.29, 1.82) is 0 Å². The maximum atomic E-state index is 11.9. The molecule has 0 spiro atoms. The second kappa shape index (κ2) is 7.23. The Morgan fingerprint density at radius 2 is 1.94 bits per heavy atom. The number of carbonyl (C=O) groups is 1. The van der Waals surface area contributed by atoms with Gasteiger partial charge in [-0.3, -0.25) is 4.79 Å². The first-order chi connectivity index (χ1) is 8.17. The third-order valence-corrected chi connectivity index (χ3v) is 2.80. The molecule has 0 aliphatic heterocycles. The Morgan fingerprint density at radius 1 is 1.29 bits per heavy atom. The summed E-state index contributed by atoms with van der Waals surface area (Å²) < 4.78 is 5.04. The van der Waals surface area contributed by atoms with Gasteiger partial charge in [-0.2, -0.15) is 0 Å². The first kappa shape index (κ1) is 13.9. The first-order valence-corrected chi connectivity index (χ1v) is 6.28.